The van der Waals surface area contributed by atoms with Crippen LogP contribution in [0.1, 0.15) is 43.4 Å². The van der Waals surface area contributed by atoms with E-state index in [1.807, 2.05) is 18.2 Å². The SMILES string of the molecule is CCCC[C@@H](c1ccc(OCc2ccccc2)c(OC)c1)N1CCNCC1.Cl.Cl. The van der Waals surface area contributed by atoms with Gasteiger partial charge < -0.3 is 14.8 Å². The van der Waals surface area contributed by atoms with Crippen molar-refractivity contribution < 1.29 is 9.47 Å². The maximum atomic E-state index is 6.03. The molecular formula is C23H34Cl2N2O2. The van der Waals surface area contributed by atoms with Crippen LogP contribution in [0.4, 0.5) is 0 Å². The van der Waals surface area contributed by atoms with E-state index in [2.05, 4.69) is 47.5 Å². The van der Waals surface area contributed by atoms with E-state index < -0.39 is 0 Å². The highest BCUT2D eigenvalue weighted by atomic mass is 35.5. The lowest BCUT2D eigenvalue weighted by Gasteiger charge is -2.35. The third-order valence-electron chi connectivity index (χ3n) is 5.23. The van der Waals surface area contributed by atoms with Crippen molar-refractivity contribution in [3.05, 3.63) is 59.7 Å². The zero-order valence-electron chi connectivity index (χ0n) is 17.4. The van der Waals surface area contributed by atoms with E-state index >= 15 is 0 Å². The van der Waals surface area contributed by atoms with Crippen molar-refractivity contribution >= 4 is 24.8 Å². The van der Waals surface area contributed by atoms with Gasteiger partial charge in [0, 0.05) is 32.2 Å². The molecule has 1 atom stereocenters. The van der Waals surface area contributed by atoms with Crippen molar-refractivity contribution in [3.8, 4) is 11.5 Å². The monoisotopic (exact) mass is 440 g/mol. The number of ether oxygens (including phenoxy) is 2. The number of halogens is 2. The highest BCUT2D eigenvalue weighted by molar-refractivity contribution is 5.85. The van der Waals surface area contributed by atoms with Crippen LogP contribution >= 0.6 is 24.8 Å². The summed E-state index contributed by atoms with van der Waals surface area (Å²) in [6, 6.07) is 17.1. The second kappa shape index (κ2) is 13.7. The molecule has 2 aromatic rings. The molecular weight excluding hydrogens is 407 g/mol. The molecule has 1 fully saturated rings. The van der Waals surface area contributed by atoms with Crippen molar-refractivity contribution in [1.29, 1.82) is 0 Å². The summed E-state index contributed by atoms with van der Waals surface area (Å²) in [6.45, 7) is 7.14. The molecule has 0 unspecified atom stereocenters. The predicted octanol–water partition coefficient (Wildman–Crippen LogP) is 5.25. The number of nitrogens with one attached hydrogen (secondary N) is 1. The summed E-state index contributed by atoms with van der Waals surface area (Å²) >= 11 is 0. The summed E-state index contributed by atoms with van der Waals surface area (Å²) in [7, 11) is 1.72. The summed E-state index contributed by atoms with van der Waals surface area (Å²) < 4.78 is 11.7. The van der Waals surface area contributed by atoms with Crippen molar-refractivity contribution in [1.82, 2.24) is 10.2 Å². The van der Waals surface area contributed by atoms with Gasteiger partial charge in [-0.1, -0.05) is 56.2 Å². The summed E-state index contributed by atoms with van der Waals surface area (Å²) in [5, 5.41) is 3.45. The summed E-state index contributed by atoms with van der Waals surface area (Å²) in [6.07, 6.45) is 3.64. The van der Waals surface area contributed by atoms with Gasteiger partial charge in [0.15, 0.2) is 11.5 Å². The minimum atomic E-state index is 0. The van der Waals surface area contributed by atoms with Gasteiger partial charge >= 0.3 is 0 Å². The summed E-state index contributed by atoms with van der Waals surface area (Å²) in [5.74, 6) is 1.62. The normalized spacial score (nSPS) is 15.0. The van der Waals surface area contributed by atoms with Crippen molar-refractivity contribution in [2.75, 3.05) is 33.3 Å². The molecule has 6 heteroatoms. The number of piperazine rings is 1. The maximum Gasteiger partial charge on any atom is 0.161 e. The molecule has 1 N–H and O–H groups in total. The van der Waals surface area contributed by atoms with Gasteiger partial charge in [-0.15, -0.1) is 24.8 Å². The molecule has 0 amide bonds. The second-order valence-corrected chi connectivity index (χ2v) is 7.13. The summed E-state index contributed by atoms with van der Waals surface area (Å²) in [5.41, 5.74) is 2.49. The Bertz CT molecular complexity index is 695. The Morgan fingerprint density at radius 1 is 1.00 bits per heavy atom. The number of hydrogen-bond donors (Lipinski definition) is 1. The zero-order chi connectivity index (χ0) is 18.9. The highest BCUT2D eigenvalue weighted by Gasteiger charge is 2.23. The van der Waals surface area contributed by atoms with E-state index in [0.717, 1.165) is 43.2 Å². The van der Waals surface area contributed by atoms with Crippen molar-refractivity contribution in [3.63, 3.8) is 0 Å². The quantitative estimate of drug-likeness (QED) is 0.576. The molecule has 162 valence electrons. The Labute approximate surface area is 187 Å². The van der Waals surface area contributed by atoms with Gasteiger partial charge in [0.1, 0.15) is 6.61 Å². The van der Waals surface area contributed by atoms with E-state index in [1.54, 1.807) is 7.11 Å². The molecule has 4 nitrogen and oxygen atoms in total. The predicted molar refractivity (Wildman–Crippen MR) is 125 cm³/mol. The smallest absolute Gasteiger partial charge is 0.161 e. The van der Waals surface area contributed by atoms with Crippen LogP contribution in [0.25, 0.3) is 0 Å². The second-order valence-electron chi connectivity index (χ2n) is 7.13. The third-order valence-corrected chi connectivity index (χ3v) is 5.23. The number of benzene rings is 2. The number of nitrogens with zero attached hydrogens (tertiary/aromatic N) is 1. The van der Waals surface area contributed by atoms with E-state index in [9.17, 15) is 0 Å². The lowest BCUT2D eigenvalue weighted by Crippen LogP contribution is -2.45. The first kappa shape index (κ1) is 25.6. The molecule has 1 heterocycles. The molecule has 0 spiro atoms. The van der Waals surface area contributed by atoms with E-state index in [0.29, 0.717) is 12.6 Å². The molecule has 0 radical (unpaired) electrons. The van der Waals surface area contributed by atoms with Gasteiger partial charge in [-0.25, -0.2) is 0 Å². The van der Waals surface area contributed by atoms with Gasteiger partial charge in [-0.3, -0.25) is 4.90 Å². The van der Waals surface area contributed by atoms with Crippen molar-refractivity contribution in [2.45, 2.75) is 38.8 Å². The van der Waals surface area contributed by atoms with E-state index in [4.69, 9.17) is 9.47 Å². The van der Waals surface area contributed by atoms with Crippen LogP contribution in [0.15, 0.2) is 48.5 Å². The summed E-state index contributed by atoms with van der Waals surface area (Å²) in [4.78, 5) is 2.60. The lowest BCUT2D eigenvalue weighted by atomic mass is 9.98. The zero-order valence-corrected chi connectivity index (χ0v) is 19.1. The van der Waals surface area contributed by atoms with E-state index in [-0.39, 0.29) is 24.8 Å². The molecule has 1 aliphatic heterocycles. The fourth-order valence-electron chi connectivity index (χ4n) is 3.70. The van der Waals surface area contributed by atoms with Crippen LogP contribution in [0, 0.1) is 0 Å². The third kappa shape index (κ3) is 7.38. The molecule has 0 aliphatic carbocycles. The van der Waals surface area contributed by atoms with Crippen LogP contribution in [-0.4, -0.2) is 38.2 Å². The van der Waals surface area contributed by atoms with Crippen LogP contribution < -0.4 is 14.8 Å². The molecule has 1 aliphatic rings. The van der Waals surface area contributed by atoms with Crippen LogP contribution in [-0.2, 0) is 6.61 Å². The van der Waals surface area contributed by atoms with Gasteiger partial charge in [0.25, 0.3) is 0 Å². The number of rotatable bonds is 9. The Balaban J connectivity index is 0.00000210. The molecule has 2 aromatic carbocycles. The first-order chi connectivity index (χ1) is 13.3. The Hall–Kier alpha value is -1.46. The lowest BCUT2D eigenvalue weighted by molar-refractivity contribution is 0.163. The molecule has 0 bridgehead atoms. The van der Waals surface area contributed by atoms with Crippen LogP contribution in [0.3, 0.4) is 0 Å². The first-order valence-corrected chi connectivity index (χ1v) is 10.1. The Morgan fingerprint density at radius 2 is 1.72 bits per heavy atom. The fourth-order valence-corrected chi connectivity index (χ4v) is 3.70. The molecule has 0 saturated carbocycles. The van der Waals surface area contributed by atoms with Crippen LogP contribution in [0.5, 0.6) is 11.5 Å². The topological polar surface area (TPSA) is 33.7 Å². The fraction of sp³-hybridized carbons (Fsp3) is 0.478. The van der Waals surface area contributed by atoms with E-state index in [1.165, 1.54) is 24.8 Å². The number of methoxy groups -OCH3 is 1. The first-order valence-electron chi connectivity index (χ1n) is 10.1. The maximum absolute atomic E-state index is 6.03. The Kier molecular flexibility index (Phi) is 12.1. The molecule has 3 rings (SSSR count). The minimum absolute atomic E-state index is 0. The van der Waals surface area contributed by atoms with Crippen molar-refractivity contribution in [2.24, 2.45) is 0 Å². The van der Waals surface area contributed by atoms with Crippen LogP contribution in [0.2, 0.25) is 0 Å². The minimum Gasteiger partial charge on any atom is -0.493 e. The van der Waals surface area contributed by atoms with Gasteiger partial charge in [0.2, 0.25) is 0 Å². The van der Waals surface area contributed by atoms with Gasteiger partial charge in [-0.05, 0) is 29.7 Å². The highest BCUT2D eigenvalue weighted by Crippen LogP contribution is 2.34. The largest absolute Gasteiger partial charge is 0.493 e. The average molecular weight is 441 g/mol. The number of hydrogen-bond acceptors (Lipinski definition) is 4. The molecule has 0 aromatic heterocycles. The number of unbranched alkanes of at least 4 members (excludes halogenated alkanes) is 1. The Morgan fingerprint density at radius 3 is 2.38 bits per heavy atom. The average Bonchev–Trinajstić information content (AvgIpc) is 2.74. The molecule has 29 heavy (non-hydrogen) atoms. The standard InChI is InChI=1S/C23H32N2O2.2ClH/c1-3-4-10-21(25-15-13-24-14-16-25)20-11-12-22(23(17-20)26-2)27-18-19-8-6-5-7-9-19;;/h5-9,11-12,17,21,24H,3-4,10,13-16,18H2,1-2H3;2*1H/t21-;;/m0../s1. The molecule has 1 saturated heterocycles. The van der Waals surface area contributed by atoms with Gasteiger partial charge in [-0.2, -0.15) is 0 Å². The van der Waals surface area contributed by atoms with Gasteiger partial charge in [0.05, 0.1) is 7.11 Å².